The molecule has 1 atom stereocenters. The average molecular weight is 274 g/mol. The zero-order valence-corrected chi connectivity index (χ0v) is 11.5. The van der Waals surface area contributed by atoms with Gasteiger partial charge in [0.05, 0.1) is 24.6 Å². The van der Waals surface area contributed by atoms with Gasteiger partial charge in [0.25, 0.3) is 0 Å². The first-order valence-electron chi connectivity index (χ1n) is 6.00. The minimum Gasteiger partial charge on any atom is -0.395 e. The van der Waals surface area contributed by atoms with E-state index in [1.54, 1.807) is 19.1 Å². The van der Waals surface area contributed by atoms with Crippen LogP contribution >= 0.6 is 0 Å². The van der Waals surface area contributed by atoms with Crippen LogP contribution in [0.5, 0.6) is 0 Å². The molecular weight excluding hydrogens is 254 g/mol. The molecule has 0 saturated carbocycles. The van der Waals surface area contributed by atoms with E-state index in [1.165, 1.54) is 6.07 Å². The third-order valence-electron chi connectivity index (χ3n) is 2.86. The number of nitrogen functional groups attached to an aromatic ring is 1. The summed E-state index contributed by atoms with van der Waals surface area (Å²) in [6.07, 6.45) is 0. The Balaban J connectivity index is 3.08. The van der Waals surface area contributed by atoms with Crippen LogP contribution in [0.3, 0.4) is 0 Å². The number of methoxy groups -OCH3 is 2. The topological polar surface area (TPSA) is 47.7 Å². The number of ether oxygens (including phenoxy) is 2. The molecule has 1 aromatic carbocycles. The van der Waals surface area contributed by atoms with E-state index in [2.05, 4.69) is 0 Å². The lowest BCUT2D eigenvalue weighted by Gasteiger charge is -2.31. The van der Waals surface area contributed by atoms with Gasteiger partial charge in [-0.15, -0.1) is 0 Å². The predicted octanol–water partition coefficient (Wildman–Crippen LogP) is 2.03. The molecule has 0 aliphatic carbocycles. The third-order valence-corrected chi connectivity index (χ3v) is 2.86. The Morgan fingerprint density at radius 2 is 1.95 bits per heavy atom. The molecule has 1 rings (SSSR count). The molecule has 1 aromatic rings. The van der Waals surface area contributed by atoms with E-state index >= 15 is 0 Å². The highest BCUT2D eigenvalue weighted by Crippen LogP contribution is 2.28. The van der Waals surface area contributed by atoms with Gasteiger partial charge in [0, 0.05) is 32.9 Å². The summed E-state index contributed by atoms with van der Waals surface area (Å²) in [5.41, 5.74) is 5.94. The van der Waals surface area contributed by atoms with Gasteiger partial charge in [-0.25, -0.2) is 8.78 Å². The minimum atomic E-state index is -0.762. The molecular formula is C13H20F2N2O2. The smallest absolute Gasteiger partial charge is 0.151 e. The Morgan fingerprint density at radius 3 is 2.53 bits per heavy atom. The number of nitrogens with two attached hydrogens (primary N) is 1. The number of nitrogens with zero attached hydrogens (tertiary/aromatic N) is 1. The second kappa shape index (κ2) is 7.25. The second-order valence-electron chi connectivity index (χ2n) is 4.31. The molecule has 19 heavy (non-hydrogen) atoms. The minimum absolute atomic E-state index is 0.0690. The largest absolute Gasteiger partial charge is 0.395 e. The first-order valence-corrected chi connectivity index (χ1v) is 6.00. The van der Waals surface area contributed by atoms with Crippen molar-refractivity contribution in [3.05, 3.63) is 23.8 Å². The van der Waals surface area contributed by atoms with E-state index in [0.717, 1.165) is 6.07 Å². The molecule has 0 aromatic heterocycles. The van der Waals surface area contributed by atoms with Crippen LogP contribution in [0.1, 0.15) is 6.92 Å². The number of anilines is 2. The van der Waals surface area contributed by atoms with Crippen molar-refractivity contribution in [2.24, 2.45) is 0 Å². The first-order chi connectivity index (χ1) is 9.01. The Kier molecular flexibility index (Phi) is 5.98. The zero-order valence-electron chi connectivity index (χ0n) is 11.5. The maximum Gasteiger partial charge on any atom is 0.151 e. The van der Waals surface area contributed by atoms with Crippen molar-refractivity contribution in [1.82, 2.24) is 0 Å². The molecule has 1 unspecified atom stereocenters. The fourth-order valence-electron chi connectivity index (χ4n) is 1.91. The van der Waals surface area contributed by atoms with Crippen molar-refractivity contribution in [2.75, 3.05) is 44.6 Å². The first kappa shape index (κ1) is 15.7. The maximum atomic E-state index is 13.5. The van der Waals surface area contributed by atoms with E-state index < -0.39 is 11.6 Å². The van der Waals surface area contributed by atoms with Gasteiger partial charge >= 0.3 is 0 Å². The van der Waals surface area contributed by atoms with E-state index in [9.17, 15) is 8.78 Å². The molecule has 4 nitrogen and oxygen atoms in total. The van der Waals surface area contributed by atoms with Crippen LogP contribution in [0.15, 0.2) is 12.1 Å². The number of hydrogen-bond donors (Lipinski definition) is 1. The van der Waals surface area contributed by atoms with Crippen LogP contribution in [0.4, 0.5) is 20.2 Å². The monoisotopic (exact) mass is 274 g/mol. The molecule has 0 aliphatic rings. The third kappa shape index (κ3) is 4.04. The molecule has 0 radical (unpaired) electrons. The van der Waals surface area contributed by atoms with Crippen molar-refractivity contribution in [2.45, 2.75) is 13.0 Å². The van der Waals surface area contributed by atoms with Gasteiger partial charge in [0.15, 0.2) is 5.82 Å². The Hall–Kier alpha value is -1.40. The van der Waals surface area contributed by atoms with Crippen LogP contribution < -0.4 is 10.6 Å². The summed E-state index contributed by atoms with van der Waals surface area (Å²) in [4.78, 5) is 1.77. The number of halogens is 2. The van der Waals surface area contributed by atoms with Crippen LogP contribution in [-0.2, 0) is 9.47 Å². The standard InChI is InChI=1S/C13H20F2N2O2/c1-9(8-19-3)17(4-5-18-2)12-7-10(14)6-11(15)13(12)16/h6-7,9H,4-5,8,16H2,1-3H3. The van der Waals surface area contributed by atoms with Gasteiger partial charge in [-0.3, -0.25) is 0 Å². The summed E-state index contributed by atoms with van der Waals surface area (Å²) in [5, 5.41) is 0. The van der Waals surface area contributed by atoms with Crippen LogP contribution in [0, 0.1) is 11.6 Å². The van der Waals surface area contributed by atoms with Gasteiger partial charge in [0.2, 0.25) is 0 Å². The lowest BCUT2D eigenvalue weighted by Crippen LogP contribution is -2.39. The summed E-state index contributed by atoms with van der Waals surface area (Å²) < 4.78 is 37.0. The lowest BCUT2D eigenvalue weighted by molar-refractivity contribution is 0.171. The van der Waals surface area contributed by atoms with Crippen LogP contribution in [0.25, 0.3) is 0 Å². The summed E-state index contributed by atoms with van der Waals surface area (Å²) in [6.45, 7) is 3.20. The number of hydrogen-bond acceptors (Lipinski definition) is 4. The lowest BCUT2D eigenvalue weighted by atomic mass is 10.2. The Bertz CT molecular complexity index is 416. The maximum absolute atomic E-state index is 13.5. The number of benzene rings is 1. The highest BCUT2D eigenvalue weighted by Gasteiger charge is 2.19. The van der Waals surface area contributed by atoms with Gasteiger partial charge in [-0.1, -0.05) is 0 Å². The van der Waals surface area contributed by atoms with Crippen molar-refractivity contribution < 1.29 is 18.3 Å². The van der Waals surface area contributed by atoms with E-state index in [0.29, 0.717) is 25.4 Å². The van der Waals surface area contributed by atoms with Crippen LogP contribution in [-0.4, -0.2) is 40.0 Å². The quantitative estimate of drug-likeness (QED) is 0.773. The fraction of sp³-hybridized carbons (Fsp3) is 0.538. The van der Waals surface area contributed by atoms with E-state index in [1.807, 2.05) is 6.92 Å². The van der Waals surface area contributed by atoms with Gasteiger partial charge in [-0.05, 0) is 13.0 Å². The summed E-state index contributed by atoms with van der Waals surface area (Å²) in [5.74, 6) is -1.42. The molecule has 0 spiro atoms. The van der Waals surface area contributed by atoms with Crippen molar-refractivity contribution in [1.29, 1.82) is 0 Å². The van der Waals surface area contributed by atoms with Crippen molar-refractivity contribution >= 4 is 11.4 Å². The predicted molar refractivity (Wildman–Crippen MR) is 71.3 cm³/mol. The molecule has 0 aliphatic heterocycles. The number of rotatable bonds is 7. The normalized spacial score (nSPS) is 12.5. The van der Waals surface area contributed by atoms with Crippen molar-refractivity contribution in [3.63, 3.8) is 0 Å². The van der Waals surface area contributed by atoms with Gasteiger partial charge in [0.1, 0.15) is 5.82 Å². The Morgan fingerprint density at radius 1 is 1.26 bits per heavy atom. The zero-order chi connectivity index (χ0) is 14.4. The van der Waals surface area contributed by atoms with E-state index in [-0.39, 0.29) is 11.7 Å². The van der Waals surface area contributed by atoms with Gasteiger partial charge < -0.3 is 20.1 Å². The molecule has 0 bridgehead atoms. The summed E-state index contributed by atoms with van der Waals surface area (Å²) in [7, 11) is 3.13. The fourth-order valence-corrected chi connectivity index (χ4v) is 1.91. The molecule has 0 amide bonds. The second-order valence-corrected chi connectivity index (χ2v) is 4.31. The Labute approximate surface area is 112 Å². The SMILES string of the molecule is COCCN(c1cc(F)cc(F)c1N)C(C)COC. The molecule has 0 fully saturated rings. The molecule has 0 saturated heterocycles. The summed E-state index contributed by atoms with van der Waals surface area (Å²) >= 11 is 0. The van der Waals surface area contributed by atoms with Crippen LogP contribution in [0.2, 0.25) is 0 Å². The van der Waals surface area contributed by atoms with E-state index in [4.69, 9.17) is 15.2 Å². The van der Waals surface area contributed by atoms with Crippen molar-refractivity contribution in [3.8, 4) is 0 Å². The molecule has 6 heteroatoms. The van der Waals surface area contributed by atoms with Gasteiger partial charge in [-0.2, -0.15) is 0 Å². The molecule has 108 valence electrons. The molecule has 2 N–H and O–H groups in total. The molecule has 0 heterocycles. The highest BCUT2D eigenvalue weighted by molar-refractivity contribution is 5.68. The highest BCUT2D eigenvalue weighted by atomic mass is 19.1. The average Bonchev–Trinajstić information content (AvgIpc) is 2.35. The summed E-state index contributed by atoms with van der Waals surface area (Å²) in [6, 6.07) is 1.91.